The van der Waals surface area contributed by atoms with Crippen LogP contribution in [0, 0.1) is 5.82 Å². The second-order valence-electron chi connectivity index (χ2n) is 4.30. The van der Waals surface area contributed by atoms with Crippen LogP contribution < -0.4 is 15.9 Å². The van der Waals surface area contributed by atoms with Gasteiger partial charge in [-0.1, -0.05) is 29.8 Å². The SMILES string of the molecule is NC(=S)N/N=C/c1cccc(OCc2c(F)cccc2Cl)c1. The maximum absolute atomic E-state index is 13.7. The third-order valence-corrected chi connectivity index (χ3v) is 3.14. The van der Waals surface area contributed by atoms with E-state index in [0.717, 1.165) is 5.56 Å². The first-order valence-corrected chi connectivity index (χ1v) is 7.09. The summed E-state index contributed by atoms with van der Waals surface area (Å²) in [6, 6.07) is 11.6. The molecule has 114 valence electrons. The number of ether oxygens (including phenoxy) is 1. The molecule has 2 aromatic carbocycles. The molecule has 0 fully saturated rings. The Hall–Kier alpha value is -2.18. The van der Waals surface area contributed by atoms with E-state index in [4.69, 9.17) is 22.1 Å². The summed E-state index contributed by atoms with van der Waals surface area (Å²) in [6.07, 6.45) is 1.54. The monoisotopic (exact) mass is 337 g/mol. The summed E-state index contributed by atoms with van der Waals surface area (Å²) < 4.78 is 19.2. The molecule has 0 heterocycles. The average Bonchev–Trinajstić information content (AvgIpc) is 2.47. The lowest BCUT2D eigenvalue weighted by molar-refractivity contribution is 0.300. The summed E-state index contributed by atoms with van der Waals surface area (Å²) in [5.41, 5.74) is 8.81. The number of hydrazone groups is 1. The summed E-state index contributed by atoms with van der Waals surface area (Å²) in [6.45, 7) is 0.0389. The molecule has 4 nitrogen and oxygen atoms in total. The number of halogens is 2. The standard InChI is InChI=1S/C15H13ClFN3OS/c16-13-5-2-6-14(17)12(13)9-21-11-4-1-3-10(7-11)8-19-20-15(18)22/h1-8H,9H2,(H3,18,20,22)/b19-8+. The summed E-state index contributed by atoms with van der Waals surface area (Å²) in [5, 5.41) is 4.26. The smallest absolute Gasteiger partial charge is 0.184 e. The number of rotatable bonds is 5. The van der Waals surface area contributed by atoms with Gasteiger partial charge in [-0.25, -0.2) is 4.39 Å². The molecule has 0 amide bonds. The molecular formula is C15H13ClFN3OS. The highest BCUT2D eigenvalue weighted by Gasteiger charge is 2.07. The Labute approximate surface area is 137 Å². The first kappa shape index (κ1) is 16.2. The number of benzene rings is 2. The van der Waals surface area contributed by atoms with Crippen molar-refractivity contribution in [3.8, 4) is 5.75 Å². The molecule has 0 unspecified atom stereocenters. The van der Waals surface area contributed by atoms with Gasteiger partial charge in [0.2, 0.25) is 0 Å². The molecule has 0 aliphatic carbocycles. The minimum absolute atomic E-state index is 0.0389. The van der Waals surface area contributed by atoms with Gasteiger partial charge in [0.25, 0.3) is 0 Å². The predicted molar refractivity (Wildman–Crippen MR) is 89.7 cm³/mol. The quantitative estimate of drug-likeness (QED) is 0.499. The number of nitrogens with two attached hydrogens (primary N) is 1. The number of hydrogen-bond acceptors (Lipinski definition) is 3. The third kappa shape index (κ3) is 4.68. The van der Waals surface area contributed by atoms with Gasteiger partial charge in [-0.3, -0.25) is 5.43 Å². The summed E-state index contributed by atoms with van der Waals surface area (Å²) in [4.78, 5) is 0. The normalized spacial score (nSPS) is 10.6. The van der Waals surface area contributed by atoms with Crippen LogP contribution in [0.2, 0.25) is 5.02 Å². The van der Waals surface area contributed by atoms with Crippen molar-refractivity contribution in [3.05, 3.63) is 64.4 Å². The van der Waals surface area contributed by atoms with Crippen molar-refractivity contribution in [2.24, 2.45) is 10.8 Å². The zero-order valence-electron chi connectivity index (χ0n) is 11.4. The molecule has 0 spiro atoms. The summed E-state index contributed by atoms with van der Waals surface area (Å²) >= 11 is 10.6. The van der Waals surface area contributed by atoms with Gasteiger partial charge in [-0.05, 0) is 42.0 Å². The Balaban J connectivity index is 2.04. The van der Waals surface area contributed by atoms with Crippen LogP contribution in [-0.2, 0) is 6.61 Å². The molecule has 2 rings (SSSR count). The van der Waals surface area contributed by atoms with Crippen molar-refractivity contribution < 1.29 is 9.13 Å². The molecule has 0 atom stereocenters. The Morgan fingerprint density at radius 1 is 1.36 bits per heavy atom. The van der Waals surface area contributed by atoms with Gasteiger partial charge >= 0.3 is 0 Å². The molecule has 0 aliphatic heterocycles. The number of nitrogens with one attached hydrogen (secondary N) is 1. The molecule has 22 heavy (non-hydrogen) atoms. The lowest BCUT2D eigenvalue weighted by atomic mass is 10.2. The summed E-state index contributed by atoms with van der Waals surface area (Å²) in [5.74, 6) is 0.171. The van der Waals surface area contributed by atoms with Crippen LogP contribution in [0.4, 0.5) is 4.39 Å². The van der Waals surface area contributed by atoms with Crippen molar-refractivity contribution in [3.63, 3.8) is 0 Å². The maximum atomic E-state index is 13.7. The largest absolute Gasteiger partial charge is 0.489 e. The van der Waals surface area contributed by atoms with E-state index < -0.39 is 5.82 Å². The van der Waals surface area contributed by atoms with Gasteiger partial charge in [-0.15, -0.1) is 0 Å². The molecular weight excluding hydrogens is 325 g/mol. The van der Waals surface area contributed by atoms with Crippen LogP contribution in [0.25, 0.3) is 0 Å². The van der Waals surface area contributed by atoms with E-state index in [0.29, 0.717) is 16.3 Å². The Morgan fingerprint density at radius 3 is 2.86 bits per heavy atom. The molecule has 0 saturated carbocycles. The van der Waals surface area contributed by atoms with Crippen molar-refractivity contribution in [1.29, 1.82) is 0 Å². The van der Waals surface area contributed by atoms with Crippen molar-refractivity contribution in [2.45, 2.75) is 6.61 Å². The number of hydrogen-bond donors (Lipinski definition) is 2. The van der Waals surface area contributed by atoms with Crippen molar-refractivity contribution >= 4 is 35.1 Å². The minimum atomic E-state index is -0.397. The van der Waals surface area contributed by atoms with Gasteiger partial charge in [0.1, 0.15) is 18.2 Å². The van der Waals surface area contributed by atoms with Crippen LogP contribution in [0.15, 0.2) is 47.6 Å². The first-order chi connectivity index (χ1) is 10.6. The van der Waals surface area contributed by atoms with E-state index in [-0.39, 0.29) is 11.7 Å². The van der Waals surface area contributed by atoms with Gasteiger partial charge < -0.3 is 10.5 Å². The molecule has 0 aliphatic rings. The molecule has 0 radical (unpaired) electrons. The molecule has 2 aromatic rings. The molecule has 0 saturated heterocycles. The highest BCUT2D eigenvalue weighted by atomic mass is 35.5. The first-order valence-electron chi connectivity index (χ1n) is 6.30. The minimum Gasteiger partial charge on any atom is -0.489 e. The Morgan fingerprint density at radius 2 is 2.14 bits per heavy atom. The van der Waals surface area contributed by atoms with E-state index in [2.05, 4.69) is 22.7 Å². The van der Waals surface area contributed by atoms with Crippen molar-refractivity contribution in [1.82, 2.24) is 5.43 Å². The zero-order valence-corrected chi connectivity index (χ0v) is 13.0. The fourth-order valence-corrected chi connectivity index (χ4v) is 1.95. The zero-order chi connectivity index (χ0) is 15.9. The van der Waals surface area contributed by atoms with Crippen LogP contribution in [0.3, 0.4) is 0 Å². The van der Waals surface area contributed by atoms with E-state index in [1.807, 2.05) is 6.07 Å². The highest BCUT2D eigenvalue weighted by molar-refractivity contribution is 7.80. The lowest BCUT2D eigenvalue weighted by Crippen LogP contribution is -2.23. The van der Waals surface area contributed by atoms with Crippen molar-refractivity contribution in [2.75, 3.05) is 0 Å². The second kappa shape index (κ2) is 7.72. The second-order valence-corrected chi connectivity index (χ2v) is 5.14. The highest BCUT2D eigenvalue weighted by Crippen LogP contribution is 2.21. The Kier molecular flexibility index (Phi) is 5.68. The van der Waals surface area contributed by atoms with E-state index >= 15 is 0 Å². The fraction of sp³-hybridized carbons (Fsp3) is 0.0667. The van der Waals surface area contributed by atoms with Crippen LogP contribution in [0.5, 0.6) is 5.75 Å². The Bertz CT molecular complexity index is 689. The molecule has 3 N–H and O–H groups in total. The van der Waals surface area contributed by atoms with Gasteiger partial charge in [0.05, 0.1) is 11.2 Å². The van der Waals surface area contributed by atoms with Crippen LogP contribution in [0.1, 0.15) is 11.1 Å². The topological polar surface area (TPSA) is 59.6 Å². The number of thiocarbonyl (C=S) groups is 1. The van der Waals surface area contributed by atoms with E-state index in [1.54, 1.807) is 36.5 Å². The molecule has 0 bridgehead atoms. The van der Waals surface area contributed by atoms with Crippen LogP contribution in [-0.4, -0.2) is 11.3 Å². The molecule has 7 heteroatoms. The molecule has 0 aromatic heterocycles. The fourth-order valence-electron chi connectivity index (χ4n) is 1.68. The summed E-state index contributed by atoms with van der Waals surface area (Å²) in [7, 11) is 0. The average molecular weight is 338 g/mol. The predicted octanol–water partition coefficient (Wildman–Crippen LogP) is 3.23. The van der Waals surface area contributed by atoms with E-state index in [1.165, 1.54) is 6.07 Å². The van der Waals surface area contributed by atoms with Gasteiger partial charge in [0.15, 0.2) is 5.11 Å². The van der Waals surface area contributed by atoms with Crippen LogP contribution >= 0.6 is 23.8 Å². The number of nitrogens with zero attached hydrogens (tertiary/aromatic N) is 1. The van der Waals surface area contributed by atoms with E-state index in [9.17, 15) is 4.39 Å². The lowest BCUT2D eigenvalue weighted by Gasteiger charge is -2.09. The maximum Gasteiger partial charge on any atom is 0.184 e. The van der Waals surface area contributed by atoms with Gasteiger partial charge in [0, 0.05) is 5.56 Å². The van der Waals surface area contributed by atoms with Gasteiger partial charge in [-0.2, -0.15) is 5.10 Å². The third-order valence-electron chi connectivity index (χ3n) is 2.69.